The van der Waals surface area contributed by atoms with E-state index in [4.69, 9.17) is 0 Å². The van der Waals surface area contributed by atoms with Crippen LogP contribution in [0.25, 0.3) is 0 Å². The monoisotopic (exact) mass is 419 g/mol. The first kappa shape index (κ1) is 21.1. The van der Waals surface area contributed by atoms with Crippen molar-refractivity contribution >= 4 is 23.4 Å². The van der Waals surface area contributed by atoms with Crippen molar-refractivity contribution in [2.24, 2.45) is 5.92 Å². The number of carbonyl (C=O) groups excluding carboxylic acids is 3. The number of nitrogens with zero attached hydrogens (tertiary/aromatic N) is 2. The molecule has 1 unspecified atom stereocenters. The summed E-state index contributed by atoms with van der Waals surface area (Å²) >= 11 is 0. The van der Waals surface area contributed by atoms with Crippen molar-refractivity contribution < 1.29 is 14.4 Å². The number of rotatable bonds is 5. The van der Waals surface area contributed by atoms with Crippen molar-refractivity contribution in [3.63, 3.8) is 0 Å². The molecule has 2 heterocycles. The fourth-order valence-electron chi connectivity index (χ4n) is 4.30. The van der Waals surface area contributed by atoms with Crippen LogP contribution in [0.5, 0.6) is 0 Å². The molecule has 2 aliphatic rings. The van der Waals surface area contributed by atoms with E-state index in [0.717, 1.165) is 37.9 Å². The molecule has 6 heteroatoms. The average molecular weight is 420 g/mol. The molecule has 2 fully saturated rings. The van der Waals surface area contributed by atoms with Gasteiger partial charge in [0.25, 0.3) is 5.91 Å². The van der Waals surface area contributed by atoms with Crippen molar-refractivity contribution in [3.8, 4) is 0 Å². The van der Waals surface area contributed by atoms with Crippen LogP contribution in [0, 0.1) is 12.8 Å². The van der Waals surface area contributed by atoms with Gasteiger partial charge in [-0.05, 0) is 43.9 Å². The lowest BCUT2D eigenvalue weighted by molar-refractivity contribution is -0.128. The molecule has 1 N–H and O–H groups in total. The first-order chi connectivity index (χ1) is 15.0. The van der Waals surface area contributed by atoms with E-state index in [1.54, 1.807) is 17.0 Å². The van der Waals surface area contributed by atoms with Crippen LogP contribution >= 0.6 is 0 Å². The van der Waals surface area contributed by atoms with Crippen molar-refractivity contribution in [2.45, 2.75) is 39.2 Å². The summed E-state index contributed by atoms with van der Waals surface area (Å²) in [4.78, 5) is 42.0. The van der Waals surface area contributed by atoms with Crippen LogP contribution in [0.2, 0.25) is 0 Å². The van der Waals surface area contributed by atoms with Gasteiger partial charge in [0.2, 0.25) is 11.8 Å². The van der Waals surface area contributed by atoms with Crippen LogP contribution in [0.15, 0.2) is 48.5 Å². The Morgan fingerprint density at radius 3 is 2.45 bits per heavy atom. The van der Waals surface area contributed by atoms with Crippen LogP contribution in [-0.2, 0) is 16.1 Å². The maximum absolute atomic E-state index is 13.0. The zero-order chi connectivity index (χ0) is 21.8. The Bertz CT molecular complexity index is 964. The fourth-order valence-corrected chi connectivity index (χ4v) is 4.30. The summed E-state index contributed by atoms with van der Waals surface area (Å²) in [5.41, 5.74) is 3.26. The Balaban J connectivity index is 1.41. The second kappa shape index (κ2) is 9.33. The molecule has 0 radical (unpaired) electrons. The first-order valence-corrected chi connectivity index (χ1v) is 11.0. The van der Waals surface area contributed by atoms with Gasteiger partial charge in [0, 0.05) is 32.6 Å². The molecule has 0 aliphatic carbocycles. The van der Waals surface area contributed by atoms with Crippen molar-refractivity contribution in [1.82, 2.24) is 9.80 Å². The van der Waals surface area contributed by atoms with Crippen molar-refractivity contribution in [1.29, 1.82) is 0 Å². The summed E-state index contributed by atoms with van der Waals surface area (Å²) in [7, 11) is 0. The Morgan fingerprint density at radius 2 is 1.71 bits per heavy atom. The largest absolute Gasteiger partial charge is 0.339 e. The number of amides is 3. The second-order valence-corrected chi connectivity index (χ2v) is 8.55. The van der Waals surface area contributed by atoms with Gasteiger partial charge >= 0.3 is 0 Å². The molecule has 2 aromatic rings. The smallest absolute Gasteiger partial charge is 0.255 e. The molecule has 0 aromatic heterocycles. The first-order valence-electron chi connectivity index (χ1n) is 11.0. The Labute approximate surface area is 183 Å². The molecule has 2 aromatic carbocycles. The molecule has 4 rings (SSSR count). The van der Waals surface area contributed by atoms with Gasteiger partial charge in [-0.25, -0.2) is 0 Å². The topological polar surface area (TPSA) is 69.7 Å². The Morgan fingerprint density at radius 1 is 1.00 bits per heavy atom. The highest BCUT2D eigenvalue weighted by atomic mass is 16.2. The number of para-hydroxylation sites is 1. The SMILES string of the molecule is Cc1ccc(CN2CC(C(=O)Nc3ccccc3C(=O)N3CCCCC3)CC2=O)cc1. The number of hydrogen-bond acceptors (Lipinski definition) is 3. The summed E-state index contributed by atoms with van der Waals surface area (Å²) in [5.74, 6) is -0.688. The van der Waals surface area contributed by atoms with Crippen LogP contribution in [-0.4, -0.2) is 47.2 Å². The third-order valence-corrected chi connectivity index (χ3v) is 6.14. The molecule has 2 aliphatic heterocycles. The number of benzene rings is 2. The van der Waals surface area contributed by atoms with E-state index in [1.165, 1.54) is 5.56 Å². The van der Waals surface area contributed by atoms with E-state index >= 15 is 0 Å². The Hall–Kier alpha value is -3.15. The Kier molecular flexibility index (Phi) is 6.35. The standard InChI is InChI=1S/C25H29N3O3/c1-18-9-11-19(12-10-18)16-28-17-20(15-23(28)29)24(30)26-22-8-4-3-7-21(22)25(31)27-13-5-2-6-14-27/h3-4,7-12,20H,2,5-6,13-17H2,1H3,(H,26,30). The zero-order valence-corrected chi connectivity index (χ0v) is 18.0. The maximum Gasteiger partial charge on any atom is 0.255 e. The van der Waals surface area contributed by atoms with Gasteiger partial charge in [-0.3, -0.25) is 14.4 Å². The average Bonchev–Trinajstić information content (AvgIpc) is 3.16. The molecule has 0 bridgehead atoms. The van der Waals surface area contributed by atoms with Gasteiger partial charge in [-0.1, -0.05) is 42.0 Å². The van der Waals surface area contributed by atoms with Crippen LogP contribution in [0.4, 0.5) is 5.69 Å². The minimum Gasteiger partial charge on any atom is -0.339 e. The van der Waals surface area contributed by atoms with Gasteiger partial charge in [0.1, 0.15) is 0 Å². The van der Waals surface area contributed by atoms with Gasteiger partial charge in [0.05, 0.1) is 17.2 Å². The number of carbonyl (C=O) groups is 3. The quantitative estimate of drug-likeness (QED) is 0.805. The fraction of sp³-hybridized carbons (Fsp3) is 0.400. The molecule has 2 saturated heterocycles. The number of piperidine rings is 1. The minimum atomic E-state index is -0.420. The van der Waals surface area contributed by atoms with Gasteiger partial charge in [-0.15, -0.1) is 0 Å². The number of likely N-dealkylation sites (tertiary alicyclic amines) is 2. The molecule has 162 valence electrons. The highest BCUT2D eigenvalue weighted by Gasteiger charge is 2.34. The molecule has 1 atom stereocenters. The third kappa shape index (κ3) is 4.95. The van der Waals surface area contributed by atoms with E-state index < -0.39 is 5.92 Å². The molecule has 31 heavy (non-hydrogen) atoms. The van der Waals surface area contributed by atoms with Gasteiger partial charge in [0.15, 0.2) is 0 Å². The van der Waals surface area contributed by atoms with E-state index in [2.05, 4.69) is 5.32 Å². The second-order valence-electron chi connectivity index (χ2n) is 8.55. The molecular formula is C25H29N3O3. The number of anilines is 1. The van der Waals surface area contributed by atoms with Gasteiger partial charge in [-0.2, -0.15) is 0 Å². The van der Waals surface area contributed by atoms with Crippen molar-refractivity contribution in [2.75, 3.05) is 25.0 Å². The molecule has 6 nitrogen and oxygen atoms in total. The van der Waals surface area contributed by atoms with E-state index in [0.29, 0.717) is 24.3 Å². The number of aryl methyl sites for hydroxylation is 1. The third-order valence-electron chi connectivity index (χ3n) is 6.14. The lowest BCUT2D eigenvalue weighted by Crippen LogP contribution is -2.36. The van der Waals surface area contributed by atoms with Crippen molar-refractivity contribution in [3.05, 3.63) is 65.2 Å². The molecular weight excluding hydrogens is 390 g/mol. The highest BCUT2D eigenvalue weighted by Crippen LogP contribution is 2.24. The summed E-state index contributed by atoms with van der Waals surface area (Å²) in [6, 6.07) is 15.2. The zero-order valence-electron chi connectivity index (χ0n) is 18.0. The maximum atomic E-state index is 13.0. The number of nitrogens with one attached hydrogen (secondary N) is 1. The van der Waals surface area contributed by atoms with Gasteiger partial charge < -0.3 is 15.1 Å². The van der Waals surface area contributed by atoms with E-state index in [9.17, 15) is 14.4 Å². The molecule has 0 spiro atoms. The molecule has 3 amide bonds. The number of hydrogen-bond donors (Lipinski definition) is 1. The predicted molar refractivity (Wildman–Crippen MR) is 120 cm³/mol. The normalized spacial score (nSPS) is 18.9. The molecule has 0 saturated carbocycles. The highest BCUT2D eigenvalue weighted by molar-refractivity contribution is 6.05. The van der Waals surface area contributed by atoms with E-state index in [1.807, 2.05) is 48.2 Å². The summed E-state index contributed by atoms with van der Waals surface area (Å²) in [6.45, 7) is 4.44. The summed E-state index contributed by atoms with van der Waals surface area (Å²) in [6.07, 6.45) is 3.37. The van der Waals surface area contributed by atoms with Crippen LogP contribution in [0.3, 0.4) is 0 Å². The van der Waals surface area contributed by atoms with Crippen LogP contribution < -0.4 is 5.32 Å². The lowest BCUT2D eigenvalue weighted by atomic mass is 10.1. The minimum absolute atomic E-state index is 0.0154. The summed E-state index contributed by atoms with van der Waals surface area (Å²) in [5, 5.41) is 2.92. The lowest BCUT2D eigenvalue weighted by Gasteiger charge is -2.27. The predicted octanol–water partition coefficient (Wildman–Crippen LogP) is 3.61. The van der Waals surface area contributed by atoms with E-state index in [-0.39, 0.29) is 24.1 Å². The summed E-state index contributed by atoms with van der Waals surface area (Å²) < 4.78 is 0. The van der Waals surface area contributed by atoms with Crippen LogP contribution in [0.1, 0.15) is 47.2 Å².